The predicted octanol–water partition coefficient (Wildman–Crippen LogP) is 1.88. The lowest BCUT2D eigenvalue weighted by atomic mass is 10.3. The van der Waals surface area contributed by atoms with Gasteiger partial charge in [0.25, 0.3) is 5.91 Å². The molecule has 0 bridgehead atoms. The van der Waals surface area contributed by atoms with E-state index in [-0.39, 0.29) is 16.0 Å². The van der Waals surface area contributed by atoms with E-state index in [2.05, 4.69) is 27.2 Å². The summed E-state index contributed by atoms with van der Waals surface area (Å²) in [6.45, 7) is 2.13. The van der Waals surface area contributed by atoms with Crippen LogP contribution in [0.5, 0.6) is 0 Å². The third-order valence-electron chi connectivity index (χ3n) is 3.24. The van der Waals surface area contributed by atoms with Crippen molar-refractivity contribution in [3.05, 3.63) is 23.7 Å². The molecule has 2 atom stereocenters. The molecule has 2 aromatic rings. The average molecular weight is 342 g/mol. The Morgan fingerprint density at radius 2 is 2.05 bits per heavy atom. The summed E-state index contributed by atoms with van der Waals surface area (Å²) in [7, 11) is -3.42. The lowest BCUT2D eigenvalue weighted by molar-refractivity contribution is 0.0994. The first-order chi connectivity index (χ1) is 10.3. The van der Waals surface area contributed by atoms with Gasteiger partial charge in [0.05, 0.1) is 6.26 Å². The first-order valence-corrected chi connectivity index (χ1v) is 9.25. The minimum atomic E-state index is -3.42. The molecular weight excluding hydrogens is 328 g/mol. The second kappa shape index (κ2) is 5.36. The predicted molar refractivity (Wildman–Crippen MR) is 81.6 cm³/mol. The van der Waals surface area contributed by atoms with Crippen LogP contribution >= 0.6 is 11.3 Å². The molecule has 2 aromatic heterocycles. The van der Waals surface area contributed by atoms with E-state index in [0.717, 1.165) is 29.8 Å². The van der Waals surface area contributed by atoms with Gasteiger partial charge in [-0.1, -0.05) is 18.3 Å². The summed E-state index contributed by atoms with van der Waals surface area (Å²) in [6.07, 6.45) is 2.08. The van der Waals surface area contributed by atoms with Gasteiger partial charge >= 0.3 is 0 Å². The molecule has 0 radical (unpaired) electrons. The summed E-state index contributed by atoms with van der Waals surface area (Å²) >= 11 is 0.922. The summed E-state index contributed by atoms with van der Waals surface area (Å²) in [5, 5.41) is 10.1. The van der Waals surface area contributed by atoms with Crippen molar-refractivity contribution in [2.45, 2.75) is 19.3 Å². The van der Waals surface area contributed by atoms with Crippen LogP contribution in [0.3, 0.4) is 0 Å². The number of carbonyl (C=O) groups excluding carboxylic acids is 1. The fourth-order valence-electron chi connectivity index (χ4n) is 2.03. The van der Waals surface area contributed by atoms with Crippen LogP contribution < -0.4 is 10.0 Å². The molecule has 1 aliphatic carbocycles. The van der Waals surface area contributed by atoms with E-state index in [1.54, 1.807) is 12.1 Å². The maximum absolute atomic E-state index is 12.0. The van der Waals surface area contributed by atoms with Crippen LogP contribution in [-0.4, -0.2) is 30.8 Å². The molecule has 0 saturated heterocycles. The molecule has 2 unspecified atom stereocenters. The Morgan fingerprint density at radius 1 is 1.36 bits per heavy atom. The maximum Gasteiger partial charge on any atom is 0.293 e. The van der Waals surface area contributed by atoms with E-state index in [0.29, 0.717) is 11.8 Å². The maximum atomic E-state index is 12.0. The topological polar surface area (TPSA) is 114 Å². The third-order valence-corrected chi connectivity index (χ3v) is 4.69. The monoisotopic (exact) mass is 342 g/mol. The number of rotatable bonds is 5. The van der Waals surface area contributed by atoms with Gasteiger partial charge in [0, 0.05) is 5.92 Å². The summed E-state index contributed by atoms with van der Waals surface area (Å²) in [4.78, 5) is 12.0. The van der Waals surface area contributed by atoms with E-state index in [1.165, 1.54) is 0 Å². The molecule has 8 nitrogen and oxygen atoms in total. The number of hydrogen-bond acceptors (Lipinski definition) is 7. The molecular formula is C12H14N4O4S2. The van der Waals surface area contributed by atoms with Crippen molar-refractivity contribution in [1.29, 1.82) is 0 Å². The third kappa shape index (κ3) is 3.45. The summed E-state index contributed by atoms with van der Waals surface area (Å²) in [5.74, 6) is 1.56. The van der Waals surface area contributed by atoms with Crippen molar-refractivity contribution in [3.63, 3.8) is 0 Å². The number of hydrogen-bond donors (Lipinski definition) is 2. The molecule has 118 valence electrons. The highest BCUT2D eigenvalue weighted by Crippen LogP contribution is 2.47. The highest BCUT2D eigenvalue weighted by Gasteiger charge is 2.37. The zero-order valence-corrected chi connectivity index (χ0v) is 13.5. The van der Waals surface area contributed by atoms with Gasteiger partial charge in [-0.3, -0.25) is 14.8 Å². The van der Waals surface area contributed by atoms with Crippen molar-refractivity contribution in [2.75, 3.05) is 16.3 Å². The van der Waals surface area contributed by atoms with E-state index in [1.807, 2.05) is 0 Å². The van der Waals surface area contributed by atoms with E-state index in [9.17, 15) is 13.2 Å². The number of nitrogens with zero attached hydrogens (tertiary/aromatic N) is 2. The number of amides is 1. The number of anilines is 2. The van der Waals surface area contributed by atoms with Crippen LogP contribution in [0.2, 0.25) is 0 Å². The largest absolute Gasteiger partial charge is 0.456 e. The average Bonchev–Trinajstić information content (AvgIpc) is 2.84. The highest BCUT2D eigenvalue weighted by atomic mass is 32.2. The number of nitrogens with one attached hydrogen (secondary N) is 2. The zero-order valence-electron chi connectivity index (χ0n) is 11.9. The molecule has 1 fully saturated rings. The lowest BCUT2D eigenvalue weighted by Crippen LogP contribution is -2.10. The Hall–Kier alpha value is -1.94. The fourth-order valence-corrected chi connectivity index (χ4v) is 3.49. The van der Waals surface area contributed by atoms with Crippen LogP contribution in [-0.2, 0) is 10.0 Å². The second-order valence-corrected chi connectivity index (χ2v) is 7.99. The van der Waals surface area contributed by atoms with E-state index in [4.69, 9.17) is 4.42 Å². The summed E-state index contributed by atoms with van der Waals surface area (Å²) in [6, 6.07) is 3.42. The van der Waals surface area contributed by atoms with Crippen molar-refractivity contribution in [3.8, 4) is 0 Å². The fraction of sp³-hybridized carbons (Fsp3) is 0.417. The van der Waals surface area contributed by atoms with Crippen molar-refractivity contribution in [2.24, 2.45) is 5.92 Å². The second-order valence-electron chi connectivity index (χ2n) is 5.26. The Kier molecular flexibility index (Phi) is 3.65. The Labute approximate surface area is 131 Å². The molecule has 3 rings (SSSR count). The van der Waals surface area contributed by atoms with Gasteiger partial charge in [-0.2, -0.15) is 0 Å². The normalized spacial score (nSPS) is 20.6. The van der Waals surface area contributed by atoms with Crippen LogP contribution in [0.15, 0.2) is 16.5 Å². The Bertz CT molecular complexity index is 811. The van der Waals surface area contributed by atoms with Gasteiger partial charge in [0.1, 0.15) is 5.76 Å². The van der Waals surface area contributed by atoms with Crippen molar-refractivity contribution in [1.82, 2.24) is 10.2 Å². The lowest BCUT2D eigenvalue weighted by Gasteiger charge is -1.97. The first-order valence-electron chi connectivity index (χ1n) is 6.54. The number of furan rings is 1. The molecule has 0 aromatic carbocycles. The SMILES string of the molecule is CC1CC1c1ccc(C(=O)Nc2nnc(NS(C)(=O)=O)s2)o1. The Balaban J connectivity index is 1.65. The quantitative estimate of drug-likeness (QED) is 0.857. The summed E-state index contributed by atoms with van der Waals surface area (Å²) in [5.41, 5.74) is 0. The molecule has 10 heteroatoms. The van der Waals surface area contributed by atoms with Gasteiger partial charge in [-0.25, -0.2) is 8.42 Å². The molecule has 1 aliphatic rings. The van der Waals surface area contributed by atoms with Crippen LogP contribution in [0.25, 0.3) is 0 Å². The van der Waals surface area contributed by atoms with E-state index >= 15 is 0 Å². The molecule has 0 aliphatic heterocycles. The minimum Gasteiger partial charge on any atom is -0.456 e. The van der Waals surface area contributed by atoms with Crippen molar-refractivity contribution < 1.29 is 17.6 Å². The van der Waals surface area contributed by atoms with Crippen LogP contribution in [0, 0.1) is 5.92 Å². The molecule has 2 N–H and O–H groups in total. The van der Waals surface area contributed by atoms with Crippen molar-refractivity contribution >= 4 is 37.5 Å². The number of sulfonamides is 1. The van der Waals surface area contributed by atoms with Crippen LogP contribution in [0.4, 0.5) is 10.3 Å². The van der Waals surface area contributed by atoms with Gasteiger partial charge in [-0.05, 0) is 24.5 Å². The van der Waals surface area contributed by atoms with Crippen LogP contribution in [0.1, 0.15) is 35.6 Å². The number of aromatic nitrogens is 2. The smallest absolute Gasteiger partial charge is 0.293 e. The standard InChI is InChI=1S/C12H14N4O4S2/c1-6-5-7(6)8-3-4-9(20-8)10(17)13-11-14-15-12(21-11)16-22(2,18)19/h3-4,6-7H,5H2,1-2H3,(H,15,16)(H,13,14,17). The molecule has 0 spiro atoms. The number of carbonyl (C=O) groups is 1. The Morgan fingerprint density at radius 3 is 2.68 bits per heavy atom. The van der Waals surface area contributed by atoms with Gasteiger partial charge in [-0.15, -0.1) is 10.2 Å². The van der Waals surface area contributed by atoms with Gasteiger partial charge in [0.15, 0.2) is 5.76 Å². The highest BCUT2D eigenvalue weighted by molar-refractivity contribution is 7.92. The van der Waals surface area contributed by atoms with Gasteiger partial charge in [0.2, 0.25) is 20.3 Å². The molecule has 2 heterocycles. The minimum absolute atomic E-state index is 0.0877. The molecule has 1 saturated carbocycles. The molecule has 22 heavy (non-hydrogen) atoms. The first kappa shape index (κ1) is 15.0. The van der Waals surface area contributed by atoms with Gasteiger partial charge < -0.3 is 4.42 Å². The summed E-state index contributed by atoms with van der Waals surface area (Å²) < 4.78 is 29.9. The zero-order chi connectivity index (χ0) is 15.9. The van der Waals surface area contributed by atoms with E-state index < -0.39 is 15.9 Å². The molecule has 1 amide bonds.